The van der Waals surface area contributed by atoms with Gasteiger partial charge < -0.3 is 4.74 Å². The summed E-state index contributed by atoms with van der Waals surface area (Å²) in [5.74, 6) is 1.04. The number of benzene rings is 1. The molecule has 1 heterocycles. The van der Waals surface area contributed by atoms with Gasteiger partial charge in [0.05, 0.1) is 17.8 Å². The van der Waals surface area contributed by atoms with Crippen LogP contribution in [0.1, 0.15) is 34.3 Å². The molecule has 0 aliphatic heterocycles. The Hall–Kier alpha value is -1.59. The summed E-state index contributed by atoms with van der Waals surface area (Å²) in [6.07, 6.45) is 3.21. The van der Waals surface area contributed by atoms with Crippen molar-refractivity contribution in [1.82, 2.24) is 4.98 Å². The molecule has 1 N–H and O–H groups in total. The van der Waals surface area contributed by atoms with Crippen LogP contribution < -0.4 is 10.1 Å². The molecule has 0 unspecified atom stereocenters. The summed E-state index contributed by atoms with van der Waals surface area (Å²) in [6, 6.07) is 4.98. The Bertz CT molecular complexity index is 714. The predicted molar refractivity (Wildman–Crippen MR) is 89.3 cm³/mol. The van der Waals surface area contributed by atoms with Gasteiger partial charge in [-0.2, -0.15) is 0 Å². The van der Waals surface area contributed by atoms with E-state index in [4.69, 9.17) is 16.3 Å². The van der Waals surface area contributed by atoms with E-state index in [-0.39, 0.29) is 5.91 Å². The molecule has 1 atom stereocenters. The molecule has 0 bridgehead atoms. The van der Waals surface area contributed by atoms with E-state index in [1.807, 2.05) is 0 Å². The standard InChI is InChI=1S/C16H17ClN2O2S/c1-9-3-5-12-14(7-9)22-16(18-12)19-15(20)10-4-6-13(21-2)11(17)8-10/h4,6,8-9H,3,5,7H2,1-2H3,(H,18,19,20)/t9-/m1/s1. The Morgan fingerprint density at radius 3 is 3.05 bits per heavy atom. The fourth-order valence-electron chi connectivity index (χ4n) is 2.57. The second-order valence-electron chi connectivity index (χ2n) is 5.54. The van der Waals surface area contributed by atoms with Crippen LogP contribution in [0.3, 0.4) is 0 Å². The minimum absolute atomic E-state index is 0.205. The maximum absolute atomic E-state index is 12.3. The molecule has 22 heavy (non-hydrogen) atoms. The SMILES string of the molecule is COc1ccc(C(=O)Nc2nc3c(s2)C[C@H](C)CC3)cc1Cl. The van der Waals surface area contributed by atoms with E-state index in [0.29, 0.717) is 27.4 Å². The summed E-state index contributed by atoms with van der Waals surface area (Å²) in [7, 11) is 1.54. The first-order valence-corrected chi connectivity index (χ1v) is 8.39. The summed E-state index contributed by atoms with van der Waals surface area (Å²) < 4.78 is 5.09. The van der Waals surface area contributed by atoms with E-state index in [0.717, 1.165) is 25.0 Å². The third kappa shape index (κ3) is 3.10. The number of hydrogen-bond donors (Lipinski definition) is 1. The average molecular weight is 337 g/mol. The summed E-state index contributed by atoms with van der Waals surface area (Å²) in [4.78, 5) is 18.1. The zero-order valence-corrected chi connectivity index (χ0v) is 14.1. The molecular weight excluding hydrogens is 320 g/mol. The summed E-state index contributed by atoms with van der Waals surface area (Å²) in [6.45, 7) is 2.25. The minimum Gasteiger partial charge on any atom is -0.495 e. The molecule has 0 fully saturated rings. The molecule has 6 heteroatoms. The quantitative estimate of drug-likeness (QED) is 0.914. The van der Waals surface area contributed by atoms with Crippen molar-refractivity contribution in [1.29, 1.82) is 0 Å². The molecule has 2 aromatic rings. The molecule has 1 aliphatic rings. The van der Waals surface area contributed by atoms with Crippen LogP contribution in [0.2, 0.25) is 5.02 Å². The molecule has 4 nitrogen and oxygen atoms in total. The number of aryl methyl sites for hydroxylation is 1. The number of rotatable bonds is 3. The Kier molecular flexibility index (Phi) is 4.36. The first kappa shape index (κ1) is 15.3. The van der Waals surface area contributed by atoms with Gasteiger partial charge in [-0.25, -0.2) is 4.98 Å². The number of ether oxygens (including phenoxy) is 1. The third-order valence-corrected chi connectivity index (χ3v) is 5.15. The molecule has 1 aromatic heterocycles. The van der Waals surface area contributed by atoms with Crippen LogP contribution in [-0.2, 0) is 12.8 Å². The van der Waals surface area contributed by atoms with Crippen LogP contribution in [0.5, 0.6) is 5.75 Å². The second kappa shape index (κ2) is 6.26. The molecule has 1 aromatic carbocycles. The number of carbonyl (C=O) groups is 1. The maximum atomic E-state index is 12.3. The number of halogens is 1. The maximum Gasteiger partial charge on any atom is 0.257 e. The Morgan fingerprint density at radius 1 is 1.50 bits per heavy atom. The van der Waals surface area contributed by atoms with E-state index in [1.54, 1.807) is 36.6 Å². The first-order chi connectivity index (χ1) is 10.6. The van der Waals surface area contributed by atoms with Crippen molar-refractivity contribution in [3.63, 3.8) is 0 Å². The number of fused-ring (bicyclic) bond motifs is 1. The van der Waals surface area contributed by atoms with Crippen LogP contribution >= 0.6 is 22.9 Å². The summed E-state index contributed by atoms with van der Waals surface area (Å²) in [5, 5.41) is 3.95. The van der Waals surface area contributed by atoms with Gasteiger partial charge in [-0.15, -0.1) is 11.3 Å². The van der Waals surface area contributed by atoms with E-state index < -0.39 is 0 Å². The lowest BCUT2D eigenvalue weighted by Crippen LogP contribution is -2.12. The van der Waals surface area contributed by atoms with E-state index in [9.17, 15) is 4.79 Å². The van der Waals surface area contributed by atoms with E-state index >= 15 is 0 Å². The topological polar surface area (TPSA) is 51.2 Å². The molecule has 3 rings (SSSR count). The highest BCUT2D eigenvalue weighted by atomic mass is 35.5. The van der Waals surface area contributed by atoms with Gasteiger partial charge in [-0.1, -0.05) is 18.5 Å². The van der Waals surface area contributed by atoms with Crippen molar-refractivity contribution in [3.05, 3.63) is 39.4 Å². The van der Waals surface area contributed by atoms with Crippen LogP contribution in [-0.4, -0.2) is 18.0 Å². The number of carbonyl (C=O) groups excluding carboxylic acids is 1. The zero-order valence-electron chi connectivity index (χ0n) is 12.5. The molecule has 0 saturated heterocycles. The Morgan fingerprint density at radius 2 is 2.32 bits per heavy atom. The number of thiazole rings is 1. The van der Waals surface area contributed by atoms with Crippen molar-refractivity contribution in [2.24, 2.45) is 5.92 Å². The molecule has 1 aliphatic carbocycles. The van der Waals surface area contributed by atoms with Gasteiger partial charge in [0.1, 0.15) is 5.75 Å². The van der Waals surface area contributed by atoms with Crippen LogP contribution in [0.25, 0.3) is 0 Å². The predicted octanol–water partition coefficient (Wildman–Crippen LogP) is 4.18. The van der Waals surface area contributed by atoms with Gasteiger partial charge in [0.25, 0.3) is 5.91 Å². The molecule has 116 valence electrons. The number of nitrogens with zero attached hydrogens (tertiary/aromatic N) is 1. The monoisotopic (exact) mass is 336 g/mol. The van der Waals surface area contributed by atoms with Gasteiger partial charge >= 0.3 is 0 Å². The molecular formula is C16H17ClN2O2S. The Labute approximate surface area is 138 Å². The lowest BCUT2D eigenvalue weighted by molar-refractivity contribution is 0.102. The Balaban J connectivity index is 1.76. The van der Waals surface area contributed by atoms with Gasteiger partial charge in [0.15, 0.2) is 5.13 Å². The third-order valence-electron chi connectivity index (χ3n) is 3.82. The normalized spacial score (nSPS) is 17.0. The van der Waals surface area contributed by atoms with Crippen molar-refractivity contribution in [2.45, 2.75) is 26.2 Å². The van der Waals surface area contributed by atoms with Gasteiger partial charge in [-0.05, 0) is 43.4 Å². The molecule has 1 amide bonds. The number of hydrogen-bond acceptors (Lipinski definition) is 4. The highest BCUT2D eigenvalue weighted by Crippen LogP contribution is 2.32. The van der Waals surface area contributed by atoms with Crippen LogP contribution in [0, 0.1) is 5.92 Å². The zero-order chi connectivity index (χ0) is 15.7. The van der Waals surface area contributed by atoms with Gasteiger partial charge in [0, 0.05) is 10.4 Å². The van der Waals surface area contributed by atoms with Crippen LogP contribution in [0.15, 0.2) is 18.2 Å². The average Bonchev–Trinajstić information content (AvgIpc) is 2.88. The van der Waals surface area contributed by atoms with Gasteiger partial charge in [-0.3, -0.25) is 10.1 Å². The largest absolute Gasteiger partial charge is 0.495 e. The highest BCUT2D eigenvalue weighted by molar-refractivity contribution is 7.15. The number of nitrogens with one attached hydrogen (secondary N) is 1. The van der Waals surface area contributed by atoms with Crippen molar-refractivity contribution >= 4 is 34.0 Å². The fraction of sp³-hybridized carbons (Fsp3) is 0.375. The minimum atomic E-state index is -0.205. The fourth-order valence-corrected chi connectivity index (χ4v) is 3.99. The molecule has 0 spiro atoms. The summed E-state index contributed by atoms with van der Waals surface area (Å²) >= 11 is 7.63. The number of aromatic nitrogens is 1. The van der Waals surface area contributed by atoms with E-state index in [2.05, 4.69) is 17.2 Å². The van der Waals surface area contributed by atoms with Crippen molar-refractivity contribution in [2.75, 3.05) is 12.4 Å². The van der Waals surface area contributed by atoms with E-state index in [1.165, 1.54) is 4.88 Å². The summed E-state index contributed by atoms with van der Waals surface area (Å²) in [5.41, 5.74) is 1.62. The number of anilines is 1. The molecule has 0 radical (unpaired) electrons. The lowest BCUT2D eigenvalue weighted by Gasteiger charge is -2.15. The smallest absolute Gasteiger partial charge is 0.257 e. The first-order valence-electron chi connectivity index (χ1n) is 7.20. The molecule has 0 saturated carbocycles. The van der Waals surface area contributed by atoms with Crippen LogP contribution in [0.4, 0.5) is 5.13 Å². The highest BCUT2D eigenvalue weighted by Gasteiger charge is 2.20. The second-order valence-corrected chi connectivity index (χ2v) is 7.03. The number of amides is 1. The van der Waals surface area contributed by atoms with Gasteiger partial charge in [0.2, 0.25) is 0 Å². The number of methoxy groups -OCH3 is 1. The van der Waals surface area contributed by atoms with Crippen molar-refractivity contribution in [3.8, 4) is 5.75 Å². The van der Waals surface area contributed by atoms with Crippen molar-refractivity contribution < 1.29 is 9.53 Å². The lowest BCUT2D eigenvalue weighted by atomic mass is 9.93.